The van der Waals surface area contributed by atoms with Crippen molar-refractivity contribution in [1.82, 2.24) is 14.8 Å². The van der Waals surface area contributed by atoms with Crippen LogP contribution in [0.2, 0.25) is 0 Å². The van der Waals surface area contributed by atoms with Gasteiger partial charge in [-0.2, -0.15) is 0 Å². The van der Waals surface area contributed by atoms with E-state index in [0.29, 0.717) is 11.3 Å². The molecule has 0 saturated heterocycles. The minimum Gasteiger partial charge on any atom is -0.316 e. The van der Waals surface area contributed by atoms with Crippen LogP contribution in [-0.4, -0.2) is 14.8 Å². The van der Waals surface area contributed by atoms with Crippen molar-refractivity contribution in [1.29, 1.82) is 0 Å². The van der Waals surface area contributed by atoms with Gasteiger partial charge < -0.3 is 4.57 Å². The molecule has 0 aliphatic heterocycles. The van der Waals surface area contributed by atoms with Gasteiger partial charge in [0.05, 0.1) is 5.88 Å². The molecule has 0 radical (unpaired) electrons. The lowest BCUT2D eigenvalue weighted by Crippen LogP contribution is -2.26. The van der Waals surface area contributed by atoms with Gasteiger partial charge in [-0.3, -0.25) is 0 Å². The van der Waals surface area contributed by atoms with E-state index in [1.807, 2.05) is 6.33 Å². The Morgan fingerprint density at radius 3 is 2.71 bits per heavy atom. The highest BCUT2D eigenvalue weighted by Crippen LogP contribution is 2.44. The molecule has 1 fully saturated rings. The van der Waals surface area contributed by atoms with Gasteiger partial charge in [-0.1, -0.05) is 26.7 Å². The Bertz CT molecular complexity index is 353. The summed E-state index contributed by atoms with van der Waals surface area (Å²) in [6.45, 7) is 5.67. The summed E-state index contributed by atoms with van der Waals surface area (Å²) in [4.78, 5) is 0. The van der Waals surface area contributed by atoms with Gasteiger partial charge in [0.2, 0.25) is 0 Å². The van der Waals surface area contributed by atoms with Crippen molar-refractivity contribution in [3.05, 3.63) is 12.2 Å². The van der Waals surface area contributed by atoms with Gasteiger partial charge in [0.25, 0.3) is 0 Å². The van der Waals surface area contributed by atoms with Gasteiger partial charge >= 0.3 is 0 Å². The molecule has 0 unspecified atom stereocenters. The highest BCUT2D eigenvalue weighted by atomic mass is 35.5. The third-order valence-corrected chi connectivity index (χ3v) is 4.07. The molecule has 1 aliphatic carbocycles. The molecule has 0 bridgehead atoms. The van der Waals surface area contributed by atoms with E-state index < -0.39 is 0 Å². The molecule has 4 heteroatoms. The molecular weight excluding hydrogens is 234 g/mol. The molecule has 0 amide bonds. The Balaban J connectivity index is 2.12. The third kappa shape index (κ3) is 3.01. The van der Waals surface area contributed by atoms with Gasteiger partial charge in [0, 0.05) is 6.54 Å². The molecule has 1 heterocycles. The van der Waals surface area contributed by atoms with E-state index in [4.69, 9.17) is 11.6 Å². The summed E-state index contributed by atoms with van der Waals surface area (Å²) < 4.78 is 2.15. The van der Waals surface area contributed by atoms with Crippen LogP contribution in [0.15, 0.2) is 6.33 Å². The largest absolute Gasteiger partial charge is 0.316 e. The highest BCUT2D eigenvalue weighted by Gasteiger charge is 2.35. The van der Waals surface area contributed by atoms with Crippen LogP contribution < -0.4 is 0 Å². The molecule has 17 heavy (non-hydrogen) atoms. The molecule has 1 aromatic rings. The van der Waals surface area contributed by atoms with Gasteiger partial charge in [-0.15, -0.1) is 21.8 Å². The van der Waals surface area contributed by atoms with E-state index in [9.17, 15) is 0 Å². The average Bonchev–Trinajstić information content (AvgIpc) is 2.87. The van der Waals surface area contributed by atoms with E-state index in [1.54, 1.807) is 0 Å². The first-order valence-electron chi connectivity index (χ1n) is 6.58. The maximum Gasteiger partial charge on any atom is 0.147 e. The second-order valence-electron chi connectivity index (χ2n) is 5.81. The number of hydrogen-bond donors (Lipinski definition) is 0. The van der Waals surface area contributed by atoms with Crippen molar-refractivity contribution < 1.29 is 0 Å². The number of aromatic nitrogens is 3. The lowest BCUT2D eigenvalue weighted by Gasteiger charge is -2.31. The molecule has 96 valence electrons. The van der Waals surface area contributed by atoms with E-state index in [-0.39, 0.29) is 0 Å². The first kappa shape index (κ1) is 12.9. The van der Waals surface area contributed by atoms with Gasteiger partial charge in [0.15, 0.2) is 0 Å². The molecule has 2 rings (SSSR count). The SMILES string of the molecule is CC(C)CC1(Cn2cnnc2CCl)CCCC1. The molecule has 1 aliphatic rings. The van der Waals surface area contributed by atoms with E-state index in [2.05, 4.69) is 28.6 Å². The summed E-state index contributed by atoms with van der Waals surface area (Å²) >= 11 is 5.89. The van der Waals surface area contributed by atoms with Crippen LogP contribution in [-0.2, 0) is 12.4 Å². The summed E-state index contributed by atoms with van der Waals surface area (Å²) in [6, 6.07) is 0. The summed E-state index contributed by atoms with van der Waals surface area (Å²) in [5.41, 5.74) is 0.456. The number of hydrogen-bond acceptors (Lipinski definition) is 2. The average molecular weight is 256 g/mol. The number of nitrogens with zero attached hydrogens (tertiary/aromatic N) is 3. The van der Waals surface area contributed by atoms with Gasteiger partial charge in [0.1, 0.15) is 12.2 Å². The molecule has 0 atom stereocenters. The Kier molecular flexibility index (Phi) is 4.08. The third-order valence-electron chi connectivity index (χ3n) is 3.83. The Morgan fingerprint density at radius 1 is 1.41 bits per heavy atom. The fraction of sp³-hybridized carbons (Fsp3) is 0.846. The van der Waals surface area contributed by atoms with Crippen molar-refractivity contribution in [2.75, 3.05) is 0 Å². The summed E-state index contributed by atoms with van der Waals surface area (Å²) in [7, 11) is 0. The van der Waals surface area contributed by atoms with Gasteiger partial charge in [-0.05, 0) is 30.6 Å². The predicted molar refractivity (Wildman–Crippen MR) is 69.9 cm³/mol. The Labute approximate surface area is 109 Å². The predicted octanol–water partition coefficient (Wildman–Crippen LogP) is 3.62. The maximum atomic E-state index is 5.89. The highest BCUT2D eigenvalue weighted by molar-refractivity contribution is 6.16. The lowest BCUT2D eigenvalue weighted by atomic mass is 9.78. The minimum atomic E-state index is 0.456. The number of alkyl halides is 1. The van der Waals surface area contributed by atoms with Crippen molar-refractivity contribution in [3.63, 3.8) is 0 Å². The molecule has 0 spiro atoms. The Hall–Kier alpha value is -0.570. The van der Waals surface area contributed by atoms with Crippen LogP contribution >= 0.6 is 11.6 Å². The van der Waals surface area contributed by atoms with Crippen LogP contribution in [0.25, 0.3) is 0 Å². The van der Waals surface area contributed by atoms with E-state index in [1.165, 1.54) is 32.1 Å². The zero-order valence-corrected chi connectivity index (χ0v) is 11.6. The number of rotatable bonds is 5. The van der Waals surface area contributed by atoms with Crippen LogP contribution in [0.1, 0.15) is 51.8 Å². The molecule has 0 aromatic carbocycles. The molecular formula is C13H22ClN3. The standard InChI is InChI=1S/C13H22ClN3/c1-11(2)7-13(5-3-4-6-13)9-17-10-15-16-12(17)8-14/h10-11H,3-9H2,1-2H3. The molecule has 1 saturated carbocycles. The zero-order valence-electron chi connectivity index (χ0n) is 10.8. The molecule has 3 nitrogen and oxygen atoms in total. The lowest BCUT2D eigenvalue weighted by molar-refractivity contribution is 0.195. The van der Waals surface area contributed by atoms with E-state index >= 15 is 0 Å². The van der Waals surface area contributed by atoms with Gasteiger partial charge in [-0.25, -0.2) is 0 Å². The van der Waals surface area contributed by atoms with Crippen molar-refractivity contribution in [2.45, 2.75) is 58.4 Å². The van der Waals surface area contributed by atoms with Crippen LogP contribution in [0.3, 0.4) is 0 Å². The maximum absolute atomic E-state index is 5.89. The summed E-state index contributed by atoms with van der Waals surface area (Å²) in [5.74, 6) is 2.11. The fourth-order valence-electron chi connectivity index (χ4n) is 3.29. The van der Waals surface area contributed by atoms with Crippen molar-refractivity contribution in [2.24, 2.45) is 11.3 Å². The Morgan fingerprint density at radius 2 is 2.12 bits per heavy atom. The van der Waals surface area contributed by atoms with Crippen LogP contribution in [0.5, 0.6) is 0 Å². The first-order chi connectivity index (χ1) is 8.15. The zero-order chi connectivity index (χ0) is 12.3. The molecule has 0 N–H and O–H groups in total. The van der Waals surface area contributed by atoms with Crippen LogP contribution in [0.4, 0.5) is 0 Å². The minimum absolute atomic E-state index is 0.456. The number of halogens is 1. The second-order valence-corrected chi connectivity index (χ2v) is 6.08. The van der Waals surface area contributed by atoms with Crippen molar-refractivity contribution in [3.8, 4) is 0 Å². The fourth-order valence-corrected chi connectivity index (χ4v) is 3.50. The second kappa shape index (κ2) is 5.38. The smallest absolute Gasteiger partial charge is 0.147 e. The monoisotopic (exact) mass is 255 g/mol. The van der Waals surface area contributed by atoms with Crippen LogP contribution in [0, 0.1) is 11.3 Å². The normalized spacial score (nSPS) is 19.1. The van der Waals surface area contributed by atoms with Crippen molar-refractivity contribution >= 4 is 11.6 Å². The summed E-state index contributed by atoms with van der Waals surface area (Å²) in [6.07, 6.45) is 8.54. The molecule has 1 aromatic heterocycles. The topological polar surface area (TPSA) is 30.7 Å². The van der Waals surface area contributed by atoms with E-state index in [0.717, 1.165) is 18.3 Å². The quantitative estimate of drug-likeness (QED) is 0.753. The summed E-state index contributed by atoms with van der Waals surface area (Å²) in [5, 5.41) is 8.04. The first-order valence-corrected chi connectivity index (χ1v) is 7.11.